The molecule has 1 aliphatic heterocycles. The summed E-state index contributed by atoms with van der Waals surface area (Å²) in [7, 11) is 0. The lowest BCUT2D eigenvalue weighted by Crippen LogP contribution is -2.50. The van der Waals surface area contributed by atoms with E-state index >= 15 is 0 Å². The highest BCUT2D eigenvalue weighted by molar-refractivity contribution is 5.84. The van der Waals surface area contributed by atoms with E-state index in [2.05, 4.69) is 0 Å². The van der Waals surface area contributed by atoms with E-state index in [0.29, 0.717) is 17.7 Å². The van der Waals surface area contributed by atoms with Crippen molar-refractivity contribution in [1.82, 2.24) is 4.90 Å². The van der Waals surface area contributed by atoms with Crippen LogP contribution in [0.25, 0.3) is 0 Å². The molecule has 3 rings (SSSR count). The second-order valence-electron chi connectivity index (χ2n) is 10.3. The molecule has 0 aromatic heterocycles. The van der Waals surface area contributed by atoms with Crippen molar-refractivity contribution in [3.05, 3.63) is 70.8 Å². The van der Waals surface area contributed by atoms with Gasteiger partial charge in [-0.15, -0.1) is 0 Å². The molecule has 0 unspecified atom stereocenters. The highest BCUT2D eigenvalue weighted by atomic mass is 19.4. The van der Waals surface area contributed by atoms with Gasteiger partial charge in [-0.25, -0.2) is 4.79 Å². The zero-order valence-corrected chi connectivity index (χ0v) is 21.4. The van der Waals surface area contributed by atoms with E-state index in [0.717, 1.165) is 0 Å². The van der Waals surface area contributed by atoms with Gasteiger partial charge in [0.1, 0.15) is 11.7 Å². The number of piperidine rings is 1. The Balaban J connectivity index is 1.90. The monoisotopic (exact) mass is 545 g/mol. The lowest BCUT2D eigenvalue weighted by atomic mass is 9.72. The van der Waals surface area contributed by atoms with Crippen molar-refractivity contribution in [3.8, 4) is 0 Å². The Morgan fingerprint density at radius 2 is 1.37 bits per heavy atom. The number of carbonyl (C=O) groups is 2. The van der Waals surface area contributed by atoms with Crippen molar-refractivity contribution in [2.45, 2.75) is 70.0 Å². The normalized spacial score (nSPS) is 17.1. The fraction of sp³-hybridized carbons (Fsp3) is 0.481. The SMILES string of the molecule is C[C@@H](OC(=O)C1(c2ccccc2)CCN(C(=O)OC(C)(C)C)CC1)c1cc(C(F)(F)F)cc(C(F)(F)F)c1. The number of likely N-dealkylation sites (tertiary alicyclic amines) is 1. The highest BCUT2D eigenvalue weighted by Crippen LogP contribution is 2.41. The molecule has 5 nitrogen and oxygen atoms in total. The van der Waals surface area contributed by atoms with E-state index < -0.39 is 58.2 Å². The van der Waals surface area contributed by atoms with E-state index in [1.165, 1.54) is 11.8 Å². The molecule has 0 spiro atoms. The first-order valence-corrected chi connectivity index (χ1v) is 12.0. The third-order valence-corrected chi connectivity index (χ3v) is 6.35. The molecule has 1 amide bonds. The van der Waals surface area contributed by atoms with Gasteiger partial charge in [-0.2, -0.15) is 26.3 Å². The summed E-state index contributed by atoms with van der Waals surface area (Å²) in [4.78, 5) is 27.5. The maximum Gasteiger partial charge on any atom is 0.416 e. The fourth-order valence-electron chi connectivity index (χ4n) is 4.32. The number of ether oxygens (including phenoxy) is 2. The van der Waals surface area contributed by atoms with Crippen LogP contribution >= 0.6 is 0 Å². The molecule has 1 atom stereocenters. The van der Waals surface area contributed by atoms with Gasteiger partial charge in [0.25, 0.3) is 0 Å². The minimum Gasteiger partial charge on any atom is -0.457 e. The van der Waals surface area contributed by atoms with Crippen LogP contribution in [0.2, 0.25) is 0 Å². The molecule has 38 heavy (non-hydrogen) atoms. The standard InChI is InChI=1S/C27H29F6NO4/c1-17(18-14-20(26(28,29)30)16-21(15-18)27(31,32)33)37-22(35)25(19-8-6-5-7-9-19)10-12-34(13-11-25)23(36)38-24(2,3)4/h5-9,14-17H,10-13H2,1-4H3/t17-/m1/s1. The third-order valence-electron chi connectivity index (χ3n) is 6.35. The van der Waals surface area contributed by atoms with Gasteiger partial charge in [0, 0.05) is 13.1 Å². The number of nitrogens with zero attached hydrogens (tertiary/aromatic N) is 1. The zero-order chi connectivity index (χ0) is 28.5. The maximum absolute atomic E-state index is 13.6. The van der Waals surface area contributed by atoms with Crippen LogP contribution in [0.15, 0.2) is 48.5 Å². The predicted molar refractivity (Wildman–Crippen MR) is 126 cm³/mol. The molecule has 0 saturated carbocycles. The van der Waals surface area contributed by atoms with Crippen LogP contribution in [-0.2, 0) is 32.0 Å². The van der Waals surface area contributed by atoms with Crippen LogP contribution in [-0.4, -0.2) is 35.7 Å². The van der Waals surface area contributed by atoms with Crippen LogP contribution in [0.5, 0.6) is 0 Å². The summed E-state index contributed by atoms with van der Waals surface area (Å²) in [6.07, 6.45) is -11.8. The lowest BCUT2D eigenvalue weighted by Gasteiger charge is -2.41. The zero-order valence-electron chi connectivity index (χ0n) is 21.4. The molecule has 2 aromatic rings. The Labute approximate surface area is 216 Å². The summed E-state index contributed by atoms with van der Waals surface area (Å²) in [5.74, 6) is -0.800. The van der Waals surface area contributed by atoms with Gasteiger partial charge in [0.05, 0.1) is 16.5 Å². The summed E-state index contributed by atoms with van der Waals surface area (Å²) < 4.78 is 90.9. The Bertz CT molecular complexity index is 1110. The number of amides is 1. The van der Waals surface area contributed by atoms with Gasteiger partial charge in [-0.1, -0.05) is 30.3 Å². The number of carbonyl (C=O) groups excluding carboxylic acids is 2. The number of benzene rings is 2. The van der Waals surface area contributed by atoms with E-state index in [9.17, 15) is 35.9 Å². The quantitative estimate of drug-likeness (QED) is 0.299. The maximum atomic E-state index is 13.6. The molecule has 1 heterocycles. The molecule has 1 saturated heterocycles. The van der Waals surface area contributed by atoms with E-state index in [4.69, 9.17) is 9.47 Å². The van der Waals surface area contributed by atoms with Crippen molar-refractivity contribution >= 4 is 12.1 Å². The van der Waals surface area contributed by atoms with Crippen LogP contribution < -0.4 is 0 Å². The number of hydrogen-bond donors (Lipinski definition) is 0. The van der Waals surface area contributed by atoms with Gasteiger partial charge in [0.2, 0.25) is 0 Å². The lowest BCUT2D eigenvalue weighted by molar-refractivity contribution is -0.158. The molecule has 208 valence electrons. The smallest absolute Gasteiger partial charge is 0.416 e. The molecule has 11 heteroatoms. The van der Waals surface area contributed by atoms with Crippen LogP contribution in [0.1, 0.15) is 68.9 Å². The highest BCUT2D eigenvalue weighted by Gasteiger charge is 2.46. The van der Waals surface area contributed by atoms with Gasteiger partial charge in [0.15, 0.2) is 0 Å². The molecule has 0 N–H and O–H groups in total. The van der Waals surface area contributed by atoms with Crippen molar-refractivity contribution in [1.29, 1.82) is 0 Å². The predicted octanol–water partition coefficient (Wildman–Crippen LogP) is 7.30. The summed E-state index contributed by atoms with van der Waals surface area (Å²) in [5.41, 5.74) is -4.83. The number of esters is 1. The van der Waals surface area contributed by atoms with E-state index in [-0.39, 0.29) is 32.0 Å². The number of rotatable bonds is 4. The second kappa shape index (κ2) is 10.5. The Morgan fingerprint density at radius 3 is 1.82 bits per heavy atom. The molecule has 0 radical (unpaired) electrons. The second-order valence-corrected chi connectivity index (χ2v) is 10.3. The minimum absolute atomic E-state index is 0.0237. The van der Waals surface area contributed by atoms with Gasteiger partial charge in [-0.3, -0.25) is 4.79 Å². The largest absolute Gasteiger partial charge is 0.457 e. The summed E-state index contributed by atoms with van der Waals surface area (Å²) in [6.45, 7) is 6.66. The molecule has 2 aromatic carbocycles. The Hall–Kier alpha value is -3.24. The summed E-state index contributed by atoms with van der Waals surface area (Å²) in [6, 6.07) is 9.66. The average Bonchev–Trinajstić information content (AvgIpc) is 2.82. The molecule has 1 aliphatic rings. The Morgan fingerprint density at radius 1 is 0.868 bits per heavy atom. The van der Waals surface area contributed by atoms with Gasteiger partial charge >= 0.3 is 24.4 Å². The van der Waals surface area contributed by atoms with E-state index in [1.54, 1.807) is 51.1 Å². The third kappa shape index (κ3) is 6.79. The van der Waals surface area contributed by atoms with Crippen LogP contribution in [0.4, 0.5) is 31.1 Å². The van der Waals surface area contributed by atoms with Crippen molar-refractivity contribution in [2.24, 2.45) is 0 Å². The van der Waals surface area contributed by atoms with Crippen LogP contribution in [0.3, 0.4) is 0 Å². The Kier molecular flexibility index (Phi) is 8.10. The average molecular weight is 546 g/mol. The fourth-order valence-corrected chi connectivity index (χ4v) is 4.32. The molecule has 1 fully saturated rings. The number of alkyl halides is 6. The first kappa shape index (κ1) is 29.3. The summed E-state index contributed by atoms with van der Waals surface area (Å²) >= 11 is 0. The molecular weight excluding hydrogens is 516 g/mol. The number of halogens is 6. The first-order valence-electron chi connectivity index (χ1n) is 12.0. The molecular formula is C27H29F6NO4. The van der Waals surface area contributed by atoms with Crippen molar-refractivity contribution in [2.75, 3.05) is 13.1 Å². The first-order chi connectivity index (χ1) is 17.4. The topological polar surface area (TPSA) is 55.8 Å². The molecule has 0 bridgehead atoms. The molecule has 0 aliphatic carbocycles. The van der Waals surface area contributed by atoms with Crippen molar-refractivity contribution < 1.29 is 45.4 Å². The summed E-state index contributed by atoms with van der Waals surface area (Å²) in [5, 5.41) is 0. The van der Waals surface area contributed by atoms with Gasteiger partial charge in [-0.05, 0) is 69.9 Å². The number of hydrogen-bond acceptors (Lipinski definition) is 4. The van der Waals surface area contributed by atoms with Crippen molar-refractivity contribution in [3.63, 3.8) is 0 Å². The van der Waals surface area contributed by atoms with Crippen LogP contribution in [0, 0.1) is 0 Å². The van der Waals surface area contributed by atoms with Gasteiger partial charge < -0.3 is 14.4 Å². The van der Waals surface area contributed by atoms with E-state index in [1.807, 2.05) is 0 Å². The minimum atomic E-state index is -5.03.